The average molecular weight is 492 g/mol. The number of aliphatic imine (C=N–C) groups is 1. The summed E-state index contributed by atoms with van der Waals surface area (Å²) in [5, 5.41) is 9.83. The molecule has 35 heavy (non-hydrogen) atoms. The summed E-state index contributed by atoms with van der Waals surface area (Å²) in [4.78, 5) is 19.2. The fourth-order valence-corrected chi connectivity index (χ4v) is 5.35. The number of hydrogen-bond donors (Lipinski definition) is 1. The molecular formula is C27H33N5O2S. The Hall–Kier alpha value is -3.10. The van der Waals surface area contributed by atoms with Crippen LogP contribution in [0, 0.1) is 20.8 Å². The van der Waals surface area contributed by atoms with Gasteiger partial charge < -0.3 is 10.5 Å². The van der Waals surface area contributed by atoms with Crippen molar-refractivity contribution in [2.24, 2.45) is 10.7 Å². The first-order valence-electron chi connectivity index (χ1n) is 11.9. The molecule has 2 N–H and O–H groups in total. The van der Waals surface area contributed by atoms with Crippen LogP contribution in [0.15, 0.2) is 35.3 Å². The second-order valence-corrected chi connectivity index (χ2v) is 11.0. The van der Waals surface area contributed by atoms with Crippen molar-refractivity contribution in [3.05, 3.63) is 69.1 Å². The number of rotatable bonds is 6. The molecule has 1 aliphatic heterocycles. The highest BCUT2D eigenvalue weighted by Gasteiger charge is 2.33. The van der Waals surface area contributed by atoms with Crippen LogP contribution in [0.2, 0.25) is 0 Å². The standard InChI is InChI=1S/C27H33N5O2S/c1-16-17(2)35-26-23(16)24(20-12-10-19(11-13-20)9-7-8-14-28)29-21(15-22(33)34-27(4,5)6)25-31-30-18(3)32(25)26/h7,9-13,21H,8,14-15,28H2,1-6H3/t21-/m0/s1. The van der Waals surface area contributed by atoms with E-state index in [9.17, 15) is 4.79 Å². The maximum atomic E-state index is 12.8. The number of carbonyl (C=O) groups is 1. The van der Waals surface area contributed by atoms with Crippen LogP contribution >= 0.6 is 11.3 Å². The molecule has 0 amide bonds. The van der Waals surface area contributed by atoms with Gasteiger partial charge in [0, 0.05) is 16.0 Å². The number of fused-ring (bicyclic) bond motifs is 3. The van der Waals surface area contributed by atoms with E-state index in [1.165, 1.54) is 10.4 Å². The van der Waals surface area contributed by atoms with Crippen LogP contribution in [0.1, 0.15) is 78.4 Å². The predicted octanol–water partition coefficient (Wildman–Crippen LogP) is 5.24. The van der Waals surface area contributed by atoms with Crippen molar-refractivity contribution in [2.45, 2.75) is 66.0 Å². The third-order valence-corrected chi connectivity index (χ3v) is 7.04. The molecule has 3 heterocycles. The molecule has 0 bridgehead atoms. The Morgan fingerprint density at radius 1 is 1.17 bits per heavy atom. The molecule has 4 rings (SSSR count). The summed E-state index contributed by atoms with van der Waals surface area (Å²) >= 11 is 1.70. The lowest BCUT2D eigenvalue weighted by Crippen LogP contribution is -2.25. The predicted molar refractivity (Wildman–Crippen MR) is 141 cm³/mol. The number of hydrogen-bond acceptors (Lipinski definition) is 7. The number of esters is 1. The van der Waals surface area contributed by atoms with E-state index in [-0.39, 0.29) is 12.4 Å². The fourth-order valence-electron chi connectivity index (χ4n) is 4.13. The van der Waals surface area contributed by atoms with Crippen LogP contribution in [-0.2, 0) is 9.53 Å². The molecule has 0 saturated heterocycles. The molecule has 184 valence electrons. The molecular weight excluding hydrogens is 458 g/mol. The molecule has 0 unspecified atom stereocenters. The highest BCUT2D eigenvalue weighted by Crippen LogP contribution is 2.39. The van der Waals surface area contributed by atoms with Crippen LogP contribution in [0.4, 0.5) is 0 Å². The van der Waals surface area contributed by atoms with Gasteiger partial charge in [0.1, 0.15) is 22.5 Å². The zero-order valence-electron chi connectivity index (χ0n) is 21.3. The van der Waals surface area contributed by atoms with Gasteiger partial charge in [-0.2, -0.15) is 0 Å². The number of aryl methyl sites for hydroxylation is 2. The summed E-state index contributed by atoms with van der Waals surface area (Å²) in [6, 6.07) is 7.82. The topological polar surface area (TPSA) is 95.4 Å². The minimum Gasteiger partial charge on any atom is -0.460 e. The zero-order valence-corrected chi connectivity index (χ0v) is 22.1. The van der Waals surface area contributed by atoms with Crippen molar-refractivity contribution in [3.8, 4) is 5.00 Å². The highest BCUT2D eigenvalue weighted by atomic mass is 32.1. The smallest absolute Gasteiger partial charge is 0.308 e. The first-order chi connectivity index (χ1) is 16.6. The third kappa shape index (κ3) is 5.28. The van der Waals surface area contributed by atoms with Crippen molar-refractivity contribution in [3.63, 3.8) is 0 Å². The molecule has 1 aromatic carbocycles. The highest BCUT2D eigenvalue weighted by molar-refractivity contribution is 7.15. The lowest BCUT2D eigenvalue weighted by Gasteiger charge is -2.21. The van der Waals surface area contributed by atoms with Gasteiger partial charge in [-0.15, -0.1) is 21.5 Å². The number of aromatic nitrogens is 3. The number of nitrogens with zero attached hydrogens (tertiary/aromatic N) is 4. The summed E-state index contributed by atoms with van der Waals surface area (Å²) in [5.74, 6) is 1.12. The van der Waals surface area contributed by atoms with E-state index in [1.807, 2.05) is 27.7 Å². The maximum Gasteiger partial charge on any atom is 0.308 e. The monoisotopic (exact) mass is 491 g/mol. The Morgan fingerprint density at radius 2 is 1.89 bits per heavy atom. The van der Waals surface area contributed by atoms with Gasteiger partial charge in [0.25, 0.3) is 0 Å². The van der Waals surface area contributed by atoms with Crippen molar-refractivity contribution >= 4 is 29.1 Å². The van der Waals surface area contributed by atoms with E-state index in [0.29, 0.717) is 12.4 Å². The molecule has 0 fully saturated rings. The SMILES string of the molecule is Cc1sc2c(c1C)C(c1ccc(C=CCCN)cc1)=N[C@@H](CC(=O)OC(C)(C)C)c1nnc(C)n1-2. The summed E-state index contributed by atoms with van der Waals surface area (Å²) in [6.07, 6.45) is 5.09. The fraction of sp³-hybridized carbons (Fsp3) is 0.407. The second-order valence-electron chi connectivity index (χ2n) is 9.79. The van der Waals surface area contributed by atoms with Gasteiger partial charge in [0.05, 0.1) is 12.1 Å². The Morgan fingerprint density at radius 3 is 2.54 bits per heavy atom. The lowest BCUT2D eigenvalue weighted by molar-refractivity contribution is -0.155. The van der Waals surface area contributed by atoms with E-state index in [4.69, 9.17) is 15.5 Å². The van der Waals surface area contributed by atoms with Gasteiger partial charge in [0.15, 0.2) is 5.82 Å². The van der Waals surface area contributed by atoms with Crippen molar-refractivity contribution in [1.82, 2.24) is 14.8 Å². The molecule has 7 nitrogen and oxygen atoms in total. The summed E-state index contributed by atoms with van der Waals surface area (Å²) in [7, 11) is 0. The van der Waals surface area contributed by atoms with Crippen LogP contribution in [0.5, 0.6) is 0 Å². The van der Waals surface area contributed by atoms with Crippen LogP contribution in [-0.4, -0.2) is 38.6 Å². The summed E-state index contributed by atoms with van der Waals surface area (Å²) < 4.78 is 7.68. The Bertz CT molecular complexity index is 1290. The molecule has 0 spiro atoms. The summed E-state index contributed by atoms with van der Waals surface area (Å²) in [6.45, 7) is 12.4. The molecule has 0 saturated carbocycles. The van der Waals surface area contributed by atoms with E-state index < -0.39 is 11.6 Å². The number of thiophene rings is 1. The Kier molecular flexibility index (Phi) is 7.05. The Balaban J connectivity index is 1.83. The van der Waals surface area contributed by atoms with E-state index in [2.05, 4.69) is 65.0 Å². The molecule has 1 atom stereocenters. The molecule has 0 radical (unpaired) electrons. The first-order valence-corrected chi connectivity index (χ1v) is 12.7. The first kappa shape index (κ1) is 25.0. The average Bonchev–Trinajstić information content (AvgIpc) is 3.25. The van der Waals surface area contributed by atoms with E-state index in [0.717, 1.165) is 39.6 Å². The van der Waals surface area contributed by atoms with Gasteiger partial charge in [-0.25, -0.2) is 0 Å². The molecule has 8 heteroatoms. The number of carbonyl (C=O) groups excluding carboxylic acids is 1. The number of ether oxygens (including phenoxy) is 1. The quantitative estimate of drug-likeness (QED) is 0.476. The third-order valence-electron chi connectivity index (χ3n) is 5.85. The van der Waals surface area contributed by atoms with Gasteiger partial charge in [-0.1, -0.05) is 36.4 Å². The minimum atomic E-state index is -0.572. The van der Waals surface area contributed by atoms with Gasteiger partial charge >= 0.3 is 5.97 Å². The van der Waals surface area contributed by atoms with Crippen LogP contribution < -0.4 is 5.73 Å². The minimum absolute atomic E-state index is 0.0891. The summed E-state index contributed by atoms with van der Waals surface area (Å²) in [5.41, 5.74) is 10.2. The van der Waals surface area contributed by atoms with E-state index >= 15 is 0 Å². The largest absolute Gasteiger partial charge is 0.460 e. The van der Waals surface area contributed by atoms with Crippen LogP contribution in [0.3, 0.4) is 0 Å². The number of nitrogens with two attached hydrogens (primary N) is 1. The molecule has 3 aromatic rings. The number of benzene rings is 1. The normalized spacial score (nSPS) is 15.5. The van der Waals surface area contributed by atoms with E-state index in [1.54, 1.807) is 11.3 Å². The lowest BCUT2D eigenvalue weighted by atomic mass is 9.98. The van der Waals surface area contributed by atoms with Gasteiger partial charge in [-0.3, -0.25) is 14.4 Å². The molecule has 0 aliphatic carbocycles. The maximum absolute atomic E-state index is 12.8. The van der Waals surface area contributed by atoms with Crippen molar-refractivity contribution in [1.29, 1.82) is 0 Å². The van der Waals surface area contributed by atoms with Gasteiger partial charge in [-0.05, 0) is 65.6 Å². The Labute approximate surface area is 210 Å². The van der Waals surface area contributed by atoms with Crippen molar-refractivity contribution < 1.29 is 9.53 Å². The van der Waals surface area contributed by atoms with Crippen LogP contribution in [0.25, 0.3) is 11.1 Å². The zero-order chi connectivity index (χ0) is 25.3. The molecule has 2 aromatic heterocycles. The van der Waals surface area contributed by atoms with Gasteiger partial charge in [0.2, 0.25) is 0 Å². The van der Waals surface area contributed by atoms with Crippen molar-refractivity contribution in [2.75, 3.05) is 6.54 Å². The molecule has 1 aliphatic rings. The second kappa shape index (κ2) is 9.87.